The van der Waals surface area contributed by atoms with E-state index in [1.54, 1.807) is 0 Å². The summed E-state index contributed by atoms with van der Waals surface area (Å²) in [5.41, 5.74) is 9.66. The van der Waals surface area contributed by atoms with Crippen LogP contribution in [0.4, 0.5) is 0 Å². The second-order valence-corrected chi connectivity index (χ2v) is 9.26. The molecule has 0 aliphatic carbocycles. The van der Waals surface area contributed by atoms with Crippen LogP contribution in [0.2, 0.25) is 0 Å². The molecule has 5 heteroatoms. The van der Waals surface area contributed by atoms with Crippen LogP contribution in [-0.4, -0.2) is 17.5 Å². The van der Waals surface area contributed by atoms with E-state index >= 15 is 0 Å². The smallest absolute Gasteiger partial charge is 0.235 e. The average Bonchev–Trinajstić information content (AvgIpc) is 3.83. The van der Waals surface area contributed by atoms with Gasteiger partial charge in [-0.1, -0.05) is 103 Å². The van der Waals surface area contributed by atoms with E-state index < -0.39 is 0 Å². The van der Waals surface area contributed by atoms with Crippen LogP contribution in [0.25, 0.3) is 21.9 Å². The minimum atomic E-state index is -0.0880. The van der Waals surface area contributed by atoms with Crippen molar-refractivity contribution in [1.29, 1.82) is 0 Å². The predicted molar refractivity (Wildman–Crippen MR) is 150 cm³/mol. The summed E-state index contributed by atoms with van der Waals surface area (Å²) in [6.45, 7) is 0. The molecule has 1 unspecified atom stereocenters. The van der Waals surface area contributed by atoms with Gasteiger partial charge in [-0.2, -0.15) is 10.1 Å². The minimum absolute atomic E-state index is 0.0880. The Morgan fingerprint density at radius 1 is 0.568 bits per heavy atom. The normalized spacial score (nSPS) is 16.4. The van der Waals surface area contributed by atoms with Crippen LogP contribution >= 0.6 is 0 Å². The van der Waals surface area contributed by atoms with E-state index in [0.29, 0.717) is 0 Å². The summed E-state index contributed by atoms with van der Waals surface area (Å²) in [5.74, 6) is 2.65. The number of benzene rings is 5. The zero-order valence-corrected chi connectivity index (χ0v) is 20.0. The van der Waals surface area contributed by atoms with Crippen molar-refractivity contribution in [2.45, 2.75) is 6.17 Å². The molecule has 37 heavy (non-hydrogen) atoms. The Hall–Kier alpha value is -4.87. The van der Waals surface area contributed by atoms with Gasteiger partial charge in [0.25, 0.3) is 0 Å². The van der Waals surface area contributed by atoms with Gasteiger partial charge in [0, 0.05) is 16.7 Å². The van der Waals surface area contributed by atoms with Crippen molar-refractivity contribution in [2.24, 2.45) is 15.1 Å². The van der Waals surface area contributed by atoms with Gasteiger partial charge in [-0.05, 0) is 40.1 Å². The lowest BCUT2D eigenvalue weighted by Crippen LogP contribution is -2.90. The number of nitrogens with one attached hydrogen (secondary N) is 1. The first-order valence-electron chi connectivity index (χ1n) is 12.4. The van der Waals surface area contributed by atoms with Crippen LogP contribution < -0.4 is 10.7 Å². The number of quaternary nitrogens is 1. The fourth-order valence-electron chi connectivity index (χ4n) is 4.77. The van der Waals surface area contributed by atoms with Crippen molar-refractivity contribution in [1.82, 2.24) is 5.43 Å². The van der Waals surface area contributed by atoms with Gasteiger partial charge < -0.3 is 0 Å². The van der Waals surface area contributed by atoms with Gasteiger partial charge in [0.15, 0.2) is 11.7 Å². The molecule has 2 aliphatic rings. The van der Waals surface area contributed by atoms with E-state index in [1.165, 1.54) is 21.9 Å². The van der Waals surface area contributed by atoms with Gasteiger partial charge in [-0.25, -0.2) is 4.99 Å². The summed E-state index contributed by atoms with van der Waals surface area (Å²) < 4.78 is 0. The molecule has 0 saturated heterocycles. The van der Waals surface area contributed by atoms with Gasteiger partial charge in [0.05, 0.1) is 5.56 Å². The van der Waals surface area contributed by atoms with Gasteiger partial charge >= 0.3 is 0 Å². The van der Waals surface area contributed by atoms with Crippen LogP contribution in [0.15, 0.2) is 136 Å². The van der Waals surface area contributed by atoms with Crippen LogP contribution in [0.1, 0.15) is 28.4 Å². The molecular formula is C32H24N5+. The highest BCUT2D eigenvalue weighted by Gasteiger charge is 2.25. The zero-order valence-electron chi connectivity index (χ0n) is 20.0. The topological polar surface area (TPSA) is 75.6 Å². The molecule has 5 nitrogen and oxygen atoms in total. The van der Waals surface area contributed by atoms with E-state index in [2.05, 4.69) is 113 Å². The number of fused-ring (bicyclic) bond motifs is 1. The maximum Gasteiger partial charge on any atom is 0.235 e. The lowest BCUT2D eigenvalue weighted by molar-refractivity contribution is -0.586. The molecule has 5 aromatic rings. The quantitative estimate of drug-likeness (QED) is 0.356. The van der Waals surface area contributed by atoms with Crippen LogP contribution in [0, 0.1) is 0 Å². The Kier molecular flexibility index (Phi) is 5.19. The molecule has 0 spiro atoms. The molecule has 0 fully saturated rings. The highest BCUT2D eigenvalue weighted by molar-refractivity contribution is 6.10. The second kappa shape index (κ2) is 8.97. The molecule has 3 N–H and O–H groups in total. The largest absolute Gasteiger partial charge is 0.272 e. The molecule has 0 amide bonds. The third kappa shape index (κ3) is 4.33. The van der Waals surface area contributed by atoms with E-state index in [0.717, 1.165) is 39.8 Å². The summed E-state index contributed by atoms with van der Waals surface area (Å²) >= 11 is 0. The summed E-state index contributed by atoms with van der Waals surface area (Å²) in [7, 11) is 0. The number of hydrazone groups is 1. The lowest BCUT2D eigenvalue weighted by atomic mass is 9.98. The maximum absolute atomic E-state index is 5.01. The van der Waals surface area contributed by atoms with Crippen molar-refractivity contribution >= 4 is 28.3 Å². The fraction of sp³-hybridized carbons (Fsp3) is 0.0312. The second-order valence-electron chi connectivity index (χ2n) is 9.26. The van der Waals surface area contributed by atoms with Gasteiger partial charge in [-0.3, -0.25) is 10.7 Å². The molecule has 0 bridgehead atoms. The van der Waals surface area contributed by atoms with Crippen LogP contribution in [-0.2, 0) is 0 Å². The van der Waals surface area contributed by atoms with E-state index in [1.807, 2.05) is 24.3 Å². The van der Waals surface area contributed by atoms with E-state index in [-0.39, 0.29) is 6.17 Å². The first-order valence-corrected chi connectivity index (χ1v) is 12.4. The molecule has 1 atom stereocenters. The summed E-state index contributed by atoms with van der Waals surface area (Å²) in [4.78, 5) is 10.0. The summed E-state index contributed by atoms with van der Waals surface area (Å²) in [6.07, 6.45) is -0.0880. The molecule has 0 aromatic heterocycles. The third-order valence-corrected chi connectivity index (χ3v) is 6.83. The van der Waals surface area contributed by atoms with Crippen molar-refractivity contribution in [3.05, 3.63) is 144 Å². The fourth-order valence-corrected chi connectivity index (χ4v) is 4.77. The van der Waals surface area contributed by atoms with E-state index in [4.69, 9.17) is 9.98 Å². The van der Waals surface area contributed by atoms with Crippen molar-refractivity contribution < 1.29 is 5.32 Å². The number of nitrogens with two attached hydrogens (primary N) is 1. The standard InChI is InChI=1S/C32H23N5/c1-3-7-23(8-4-1)29-33-30(24-9-5-2-6-10-24)35-31(34-29)27-18-14-22-13-17-26(19-28(22)20-27)21-11-15-25(16-12-21)32-36-37-32/h1-20,29H,(H,36,37)(H,33,34,35)/p+1. The molecule has 2 aliphatic heterocycles. The van der Waals surface area contributed by atoms with Crippen molar-refractivity contribution in [2.75, 3.05) is 0 Å². The molecule has 0 saturated carbocycles. The molecule has 2 heterocycles. The number of rotatable bonds is 5. The Balaban J connectivity index is 1.27. The number of nitrogens with zero attached hydrogens (tertiary/aromatic N) is 3. The van der Waals surface area contributed by atoms with Gasteiger partial charge in [-0.15, -0.1) is 0 Å². The first-order chi connectivity index (χ1) is 18.3. The number of amidine groups is 3. The lowest BCUT2D eigenvalue weighted by Gasteiger charge is -2.19. The average molecular weight is 479 g/mol. The number of hydrogen-bond acceptors (Lipinski definition) is 4. The van der Waals surface area contributed by atoms with Crippen molar-refractivity contribution in [3.8, 4) is 11.1 Å². The van der Waals surface area contributed by atoms with Crippen LogP contribution in [0.3, 0.4) is 0 Å². The molecule has 176 valence electrons. The predicted octanol–water partition coefficient (Wildman–Crippen LogP) is 5.24. The molecule has 5 aromatic carbocycles. The van der Waals surface area contributed by atoms with Gasteiger partial charge in [0.2, 0.25) is 12.0 Å². The highest BCUT2D eigenvalue weighted by atomic mass is 15.5. The minimum Gasteiger partial charge on any atom is -0.272 e. The monoisotopic (exact) mass is 478 g/mol. The van der Waals surface area contributed by atoms with Gasteiger partial charge in [0.1, 0.15) is 0 Å². The Morgan fingerprint density at radius 2 is 1.19 bits per heavy atom. The summed E-state index contributed by atoms with van der Waals surface area (Å²) in [6, 6.07) is 42.3. The molecule has 7 rings (SSSR count). The Morgan fingerprint density at radius 3 is 1.92 bits per heavy atom. The molecular weight excluding hydrogens is 454 g/mol. The maximum atomic E-state index is 5.01. The van der Waals surface area contributed by atoms with Crippen LogP contribution in [0.5, 0.6) is 0 Å². The van der Waals surface area contributed by atoms with Crippen molar-refractivity contribution in [3.63, 3.8) is 0 Å². The van der Waals surface area contributed by atoms with E-state index in [9.17, 15) is 0 Å². The number of hydrogen-bond donors (Lipinski definition) is 2. The SMILES string of the molecule is c1ccc(C2=NC(c3ccccc3)[NH2+]C(c3ccc4ccc(-c5ccc(C6=NN6)cc5)cc4c3)=N2)cc1. The third-order valence-electron chi connectivity index (χ3n) is 6.83. The Labute approximate surface area is 214 Å². The zero-order chi connectivity index (χ0) is 24.6. The molecule has 0 radical (unpaired) electrons. The summed E-state index contributed by atoms with van der Waals surface area (Å²) in [5, 5.41) is 8.62. The number of aliphatic imine (C=N–C) groups is 2. The first kappa shape index (κ1) is 21.4. The Bertz CT molecular complexity index is 1700. The highest BCUT2D eigenvalue weighted by Crippen LogP contribution is 2.26.